The van der Waals surface area contributed by atoms with E-state index in [2.05, 4.69) is 46.3 Å². The van der Waals surface area contributed by atoms with E-state index in [1.165, 1.54) is 16.5 Å². The van der Waals surface area contributed by atoms with Crippen LogP contribution in [0.25, 0.3) is 10.9 Å². The van der Waals surface area contributed by atoms with Gasteiger partial charge in [-0.1, -0.05) is 18.2 Å². The van der Waals surface area contributed by atoms with E-state index in [4.69, 9.17) is 6.42 Å². The summed E-state index contributed by atoms with van der Waals surface area (Å²) in [6.45, 7) is 1.89. The Hall–Kier alpha value is -1.72. The van der Waals surface area contributed by atoms with Crippen LogP contribution in [0, 0.1) is 12.3 Å². The fourth-order valence-electron chi connectivity index (χ4n) is 2.21. The van der Waals surface area contributed by atoms with Gasteiger partial charge in [-0.2, -0.15) is 0 Å². The van der Waals surface area contributed by atoms with Crippen LogP contribution < -0.4 is 5.32 Å². The Labute approximate surface area is 103 Å². The first kappa shape index (κ1) is 11.8. The van der Waals surface area contributed by atoms with Crippen LogP contribution in [0.1, 0.15) is 18.4 Å². The molecule has 2 rings (SSSR count). The van der Waals surface area contributed by atoms with Crippen molar-refractivity contribution in [2.45, 2.75) is 25.9 Å². The van der Waals surface area contributed by atoms with E-state index < -0.39 is 0 Å². The van der Waals surface area contributed by atoms with Gasteiger partial charge < -0.3 is 9.88 Å². The molecule has 0 saturated carbocycles. The lowest BCUT2D eigenvalue weighted by atomic mass is 10.1. The summed E-state index contributed by atoms with van der Waals surface area (Å²) in [6.07, 6.45) is 9.32. The maximum atomic E-state index is 5.29. The number of benzene rings is 1. The molecular formula is C15H18N2. The zero-order chi connectivity index (χ0) is 12.1. The number of terminal acetylenes is 1. The smallest absolute Gasteiger partial charge is 0.0525 e. The maximum Gasteiger partial charge on any atom is 0.0525 e. The summed E-state index contributed by atoms with van der Waals surface area (Å²) >= 11 is 0. The van der Waals surface area contributed by atoms with Crippen LogP contribution in [-0.4, -0.2) is 11.6 Å². The van der Waals surface area contributed by atoms with Gasteiger partial charge in [0, 0.05) is 25.7 Å². The van der Waals surface area contributed by atoms with E-state index in [1.807, 2.05) is 7.05 Å². The van der Waals surface area contributed by atoms with Crippen LogP contribution in [0.2, 0.25) is 0 Å². The van der Waals surface area contributed by atoms with E-state index in [9.17, 15) is 0 Å². The lowest BCUT2D eigenvalue weighted by Crippen LogP contribution is -2.07. The molecule has 2 aromatic rings. The van der Waals surface area contributed by atoms with Gasteiger partial charge in [0.15, 0.2) is 0 Å². The number of aromatic nitrogens is 1. The number of hydrogen-bond acceptors (Lipinski definition) is 1. The summed E-state index contributed by atoms with van der Waals surface area (Å²) in [4.78, 5) is 0. The van der Waals surface area contributed by atoms with Gasteiger partial charge in [0.1, 0.15) is 0 Å². The van der Waals surface area contributed by atoms with Crippen LogP contribution in [-0.2, 0) is 13.1 Å². The van der Waals surface area contributed by atoms with Gasteiger partial charge in [-0.3, -0.25) is 0 Å². The second kappa shape index (κ2) is 5.56. The van der Waals surface area contributed by atoms with Crippen LogP contribution in [0.4, 0.5) is 0 Å². The van der Waals surface area contributed by atoms with Crippen molar-refractivity contribution in [2.24, 2.45) is 0 Å². The summed E-state index contributed by atoms with van der Waals surface area (Å²) in [7, 11) is 1.98. The van der Waals surface area contributed by atoms with E-state index in [1.54, 1.807) is 0 Å². The van der Waals surface area contributed by atoms with Gasteiger partial charge in [-0.15, -0.1) is 12.3 Å². The largest absolute Gasteiger partial charge is 0.347 e. The average Bonchev–Trinajstić information content (AvgIpc) is 2.75. The van der Waals surface area contributed by atoms with Crippen molar-refractivity contribution < 1.29 is 0 Å². The van der Waals surface area contributed by atoms with Gasteiger partial charge in [0.05, 0.1) is 5.52 Å². The molecule has 0 aliphatic heterocycles. The first-order valence-corrected chi connectivity index (χ1v) is 6.01. The Balaban J connectivity index is 2.32. The zero-order valence-electron chi connectivity index (χ0n) is 10.2. The molecule has 0 unspecified atom stereocenters. The lowest BCUT2D eigenvalue weighted by Gasteiger charge is -2.09. The number of nitrogens with zero attached hydrogens (tertiary/aromatic N) is 1. The Morgan fingerprint density at radius 2 is 2.24 bits per heavy atom. The maximum absolute atomic E-state index is 5.29. The number of rotatable bonds is 5. The third kappa shape index (κ3) is 2.51. The monoisotopic (exact) mass is 226 g/mol. The van der Waals surface area contributed by atoms with E-state index in [0.29, 0.717) is 0 Å². The van der Waals surface area contributed by atoms with E-state index in [0.717, 1.165) is 25.9 Å². The highest BCUT2D eigenvalue weighted by Gasteiger charge is 2.05. The highest BCUT2D eigenvalue weighted by atomic mass is 15.0. The van der Waals surface area contributed by atoms with Crippen molar-refractivity contribution >= 4 is 10.9 Å². The van der Waals surface area contributed by atoms with Crippen molar-refractivity contribution in [2.75, 3.05) is 7.05 Å². The highest BCUT2D eigenvalue weighted by Crippen LogP contribution is 2.20. The third-order valence-corrected chi connectivity index (χ3v) is 2.96. The molecule has 1 aromatic carbocycles. The van der Waals surface area contributed by atoms with Gasteiger partial charge in [-0.05, 0) is 30.5 Å². The predicted molar refractivity (Wildman–Crippen MR) is 72.8 cm³/mol. The molecule has 2 nitrogen and oxygen atoms in total. The van der Waals surface area contributed by atoms with Crippen molar-refractivity contribution in [3.8, 4) is 12.3 Å². The predicted octanol–water partition coefficient (Wildman–Crippen LogP) is 2.77. The van der Waals surface area contributed by atoms with Crippen molar-refractivity contribution in [3.63, 3.8) is 0 Å². The molecule has 0 atom stereocenters. The second-order valence-electron chi connectivity index (χ2n) is 4.20. The lowest BCUT2D eigenvalue weighted by molar-refractivity contribution is 0.673. The Kier molecular flexibility index (Phi) is 3.85. The third-order valence-electron chi connectivity index (χ3n) is 2.96. The molecule has 0 bridgehead atoms. The molecule has 0 radical (unpaired) electrons. The number of para-hydroxylation sites is 1. The van der Waals surface area contributed by atoms with Crippen molar-refractivity contribution in [1.82, 2.24) is 9.88 Å². The standard InChI is InChI=1S/C15H18N2/c1-3-4-5-10-17-11-9-13-7-6-8-14(12-16-2)15(13)17/h1,6-9,11,16H,4-5,10,12H2,2H3. The van der Waals surface area contributed by atoms with Crippen LogP contribution in [0.5, 0.6) is 0 Å². The first-order valence-electron chi connectivity index (χ1n) is 6.01. The topological polar surface area (TPSA) is 17.0 Å². The Morgan fingerprint density at radius 3 is 3.00 bits per heavy atom. The number of aryl methyl sites for hydroxylation is 1. The molecule has 17 heavy (non-hydrogen) atoms. The first-order chi connectivity index (χ1) is 8.36. The molecule has 0 saturated heterocycles. The van der Waals surface area contributed by atoms with Crippen LogP contribution >= 0.6 is 0 Å². The van der Waals surface area contributed by atoms with E-state index >= 15 is 0 Å². The number of nitrogens with one attached hydrogen (secondary N) is 1. The molecular weight excluding hydrogens is 208 g/mol. The quantitative estimate of drug-likeness (QED) is 0.613. The molecule has 0 aliphatic carbocycles. The number of unbranched alkanes of at least 4 members (excludes halogenated alkanes) is 1. The minimum absolute atomic E-state index is 0.841. The van der Waals surface area contributed by atoms with Gasteiger partial charge in [-0.25, -0.2) is 0 Å². The number of hydrogen-bond donors (Lipinski definition) is 1. The van der Waals surface area contributed by atoms with Crippen LogP contribution in [0.3, 0.4) is 0 Å². The normalized spacial score (nSPS) is 10.6. The zero-order valence-corrected chi connectivity index (χ0v) is 10.2. The van der Waals surface area contributed by atoms with Gasteiger partial charge in [0.2, 0.25) is 0 Å². The molecule has 1 N–H and O–H groups in total. The molecule has 1 aromatic heterocycles. The molecule has 0 spiro atoms. The summed E-state index contributed by atoms with van der Waals surface area (Å²) in [5, 5.41) is 4.52. The van der Waals surface area contributed by atoms with E-state index in [-0.39, 0.29) is 0 Å². The molecule has 88 valence electrons. The number of fused-ring (bicyclic) bond motifs is 1. The van der Waals surface area contributed by atoms with Gasteiger partial charge >= 0.3 is 0 Å². The SMILES string of the molecule is C#CCCCn1ccc2cccc(CNC)c21. The Bertz CT molecular complexity index is 531. The Morgan fingerprint density at radius 1 is 1.35 bits per heavy atom. The molecule has 2 heteroatoms. The van der Waals surface area contributed by atoms with Crippen molar-refractivity contribution in [1.29, 1.82) is 0 Å². The molecule has 0 fully saturated rings. The summed E-state index contributed by atoms with van der Waals surface area (Å²) in [5.74, 6) is 2.69. The van der Waals surface area contributed by atoms with Crippen molar-refractivity contribution in [3.05, 3.63) is 36.0 Å². The average molecular weight is 226 g/mol. The minimum Gasteiger partial charge on any atom is -0.347 e. The molecule has 0 aliphatic rings. The van der Waals surface area contributed by atoms with Crippen LogP contribution in [0.15, 0.2) is 30.5 Å². The highest BCUT2D eigenvalue weighted by molar-refractivity contribution is 5.83. The minimum atomic E-state index is 0.841. The summed E-state index contributed by atoms with van der Waals surface area (Å²) in [6, 6.07) is 8.62. The molecule has 0 amide bonds. The summed E-state index contributed by atoms with van der Waals surface area (Å²) < 4.78 is 2.30. The fraction of sp³-hybridized carbons (Fsp3) is 0.333. The van der Waals surface area contributed by atoms with Gasteiger partial charge in [0.25, 0.3) is 0 Å². The fourth-order valence-corrected chi connectivity index (χ4v) is 2.21. The second-order valence-corrected chi connectivity index (χ2v) is 4.20. The summed E-state index contributed by atoms with van der Waals surface area (Å²) in [5.41, 5.74) is 2.68. The molecule has 1 heterocycles.